The summed E-state index contributed by atoms with van der Waals surface area (Å²) in [6.45, 7) is 5.10. The van der Waals surface area contributed by atoms with E-state index in [9.17, 15) is 13.2 Å². The maximum atomic E-state index is 13.3. The SMILES string of the molecule is CCN(CC)S(=O)(=O)c1ccc(C(=O)N2CCC[C@@H]2c2nc3ccccc3n2C)cc1. The van der Waals surface area contributed by atoms with Crippen LogP contribution in [0.1, 0.15) is 48.9 Å². The van der Waals surface area contributed by atoms with Gasteiger partial charge < -0.3 is 9.47 Å². The second kappa shape index (κ2) is 8.43. The van der Waals surface area contributed by atoms with Gasteiger partial charge in [-0.2, -0.15) is 4.31 Å². The molecule has 3 aromatic rings. The molecule has 1 aliphatic heterocycles. The van der Waals surface area contributed by atoms with E-state index in [0.717, 1.165) is 29.7 Å². The number of benzene rings is 2. The molecule has 1 aromatic heterocycles. The Kier molecular flexibility index (Phi) is 5.85. The molecule has 1 atom stereocenters. The number of hydrogen-bond acceptors (Lipinski definition) is 4. The topological polar surface area (TPSA) is 75.5 Å². The van der Waals surface area contributed by atoms with Crippen LogP contribution >= 0.6 is 0 Å². The molecule has 164 valence electrons. The lowest BCUT2D eigenvalue weighted by Gasteiger charge is -2.25. The summed E-state index contributed by atoms with van der Waals surface area (Å²) >= 11 is 0. The number of nitrogens with zero attached hydrogens (tertiary/aromatic N) is 4. The van der Waals surface area contributed by atoms with Crippen molar-refractivity contribution in [2.75, 3.05) is 19.6 Å². The zero-order valence-corrected chi connectivity index (χ0v) is 19.0. The van der Waals surface area contributed by atoms with Gasteiger partial charge in [0.15, 0.2) is 0 Å². The average Bonchev–Trinajstić information content (AvgIpc) is 3.39. The summed E-state index contributed by atoms with van der Waals surface area (Å²) in [4.78, 5) is 20.1. The van der Waals surface area contributed by atoms with Crippen LogP contribution in [0.3, 0.4) is 0 Å². The van der Waals surface area contributed by atoms with Crippen molar-refractivity contribution < 1.29 is 13.2 Å². The molecule has 1 amide bonds. The quantitative estimate of drug-likeness (QED) is 0.587. The van der Waals surface area contributed by atoms with E-state index < -0.39 is 10.0 Å². The summed E-state index contributed by atoms with van der Waals surface area (Å²) < 4.78 is 28.9. The minimum absolute atomic E-state index is 0.0935. The molecule has 1 aliphatic rings. The van der Waals surface area contributed by atoms with Crippen molar-refractivity contribution in [1.29, 1.82) is 0 Å². The average molecular weight is 441 g/mol. The summed E-state index contributed by atoms with van der Waals surface area (Å²) in [7, 11) is -1.56. The molecule has 7 nitrogen and oxygen atoms in total. The summed E-state index contributed by atoms with van der Waals surface area (Å²) in [5.74, 6) is 0.786. The largest absolute Gasteiger partial charge is 0.329 e. The van der Waals surface area contributed by atoms with E-state index in [1.54, 1.807) is 12.1 Å². The van der Waals surface area contributed by atoms with Crippen LogP contribution in [0.15, 0.2) is 53.4 Å². The lowest BCUT2D eigenvalue weighted by Crippen LogP contribution is -2.32. The van der Waals surface area contributed by atoms with Gasteiger partial charge in [0.1, 0.15) is 5.82 Å². The first-order chi connectivity index (χ1) is 14.9. The molecule has 31 heavy (non-hydrogen) atoms. The van der Waals surface area contributed by atoms with Gasteiger partial charge in [-0.3, -0.25) is 4.79 Å². The number of imidazole rings is 1. The van der Waals surface area contributed by atoms with E-state index in [0.29, 0.717) is 25.2 Å². The van der Waals surface area contributed by atoms with Crippen LogP contribution < -0.4 is 0 Å². The van der Waals surface area contributed by atoms with Crippen LogP contribution in [0.25, 0.3) is 11.0 Å². The number of carbonyl (C=O) groups is 1. The third kappa shape index (κ3) is 3.74. The van der Waals surface area contributed by atoms with E-state index in [1.807, 2.05) is 50.1 Å². The molecule has 0 aliphatic carbocycles. The van der Waals surface area contributed by atoms with Crippen LogP contribution in [0.5, 0.6) is 0 Å². The van der Waals surface area contributed by atoms with Crippen molar-refractivity contribution in [3.8, 4) is 0 Å². The molecule has 2 aromatic carbocycles. The first kappa shape index (κ1) is 21.5. The second-order valence-corrected chi connectivity index (χ2v) is 9.73. The highest BCUT2D eigenvalue weighted by atomic mass is 32.2. The summed E-state index contributed by atoms with van der Waals surface area (Å²) in [5.41, 5.74) is 2.46. The predicted molar refractivity (Wildman–Crippen MR) is 120 cm³/mol. The monoisotopic (exact) mass is 440 g/mol. The molecule has 0 spiro atoms. The number of hydrogen-bond donors (Lipinski definition) is 0. The highest BCUT2D eigenvalue weighted by Crippen LogP contribution is 2.34. The van der Waals surface area contributed by atoms with Gasteiger partial charge in [-0.1, -0.05) is 26.0 Å². The fourth-order valence-corrected chi connectivity index (χ4v) is 5.85. The Labute approximate surface area is 183 Å². The van der Waals surface area contributed by atoms with Crippen molar-refractivity contribution in [2.24, 2.45) is 7.05 Å². The van der Waals surface area contributed by atoms with Crippen LogP contribution in [-0.2, 0) is 17.1 Å². The Bertz CT molecular complexity index is 1200. The van der Waals surface area contributed by atoms with E-state index in [-0.39, 0.29) is 16.8 Å². The van der Waals surface area contributed by atoms with E-state index in [1.165, 1.54) is 16.4 Å². The summed E-state index contributed by atoms with van der Waals surface area (Å²) in [6, 6.07) is 14.2. The molecule has 1 saturated heterocycles. The van der Waals surface area contributed by atoms with Crippen molar-refractivity contribution in [3.63, 3.8) is 0 Å². The third-order valence-corrected chi connectivity index (χ3v) is 8.14. The third-order valence-electron chi connectivity index (χ3n) is 6.08. The molecular weight excluding hydrogens is 412 g/mol. The maximum absolute atomic E-state index is 13.3. The zero-order chi connectivity index (χ0) is 22.2. The fraction of sp³-hybridized carbons (Fsp3) is 0.391. The van der Waals surface area contributed by atoms with Gasteiger partial charge in [0.05, 0.1) is 22.0 Å². The van der Waals surface area contributed by atoms with Gasteiger partial charge in [-0.25, -0.2) is 13.4 Å². The van der Waals surface area contributed by atoms with Gasteiger partial charge in [0, 0.05) is 32.2 Å². The molecule has 4 rings (SSSR count). The van der Waals surface area contributed by atoms with Gasteiger partial charge in [-0.05, 0) is 49.2 Å². The Morgan fingerprint density at radius 2 is 1.77 bits per heavy atom. The van der Waals surface area contributed by atoms with Crippen LogP contribution in [-0.4, -0.2) is 52.7 Å². The van der Waals surface area contributed by atoms with E-state index >= 15 is 0 Å². The molecule has 0 N–H and O–H groups in total. The smallest absolute Gasteiger partial charge is 0.254 e. The molecule has 2 heterocycles. The van der Waals surface area contributed by atoms with Crippen LogP contribution in [0, 0.1) is 0 Å². The number of aromatic nitrogens is 2. The minimum atomic E-state index is -3.54. The van der Waals surface area contributed by atoms with Gasteiger partial charge >= 0.3 is 0 Å². The summed E-state index contributed by atoms with van der Waals surface area (Å²) in [6.07, 6.45) is 1.77. The first-order valence-electron chi connectivity index (χ1n) is 10.7. The number of carbonyl (C=O) groups excluding carboxylic acids is 1. The lowest BCUT2D eigenvalue weighted by molar-refractivity contribution is 0.0728. The molecule has 8 heteroatoms. The first-order valence-corrected chi connectivity index (χ1v) is 12.1. The van der Waals surface area contributed by atoms with Crippen molar-refractivity contribution in [3.05, 3.63) is 59.9 Å². The number of fused-ring (bicyclic) bond motifs is 1. The Morgan fingerprint density at radius 1 is 1.10 bits per heavy atom. The zero-order valence-electron chi connectivity index (χ0n) is 18.2. The molecule has 0 radical (unpaired) electrons. The molecule has 1 fully saturated rings. The Morgan fingerprint density at radius 3 is 2.42 bits per heavy atom. The molecule has 0 saturated carbocycles. The number of para-hydroxylation sites is 2. The Hall–Kier alpha value is -2.71. The lowest BCUT2D eigenvalue weighted by atomic mass is 10.1. The van der Waals surface area contributed by atoms with Gasteiger partial charge in [0.25, 0.3) is 5.91 Å². The van der Waals surface area contributed by atoms with Crippen LogP contribution in [0.2, 0.25) is 0 Å². The number of sulfonamides is 1. The summed E-state index contributed by atoms with van der Waals surface area (Å²) in [5, 5.41) is 0. The highest BCUT2D eigenvalue weighted by molar-refractivity contribution is 7.89. The fourth-order valence-electron chi connectivity index (χ4n) is 4.39. The van der Waals surface area contributed by atoms with Crippen molar-refractivity contribution in [2.45, 2.75) is 37.6 Å². The second-order valence-electron chi connectivity index (χ2n) is 7.79. The van der Waals surface area contributed by atoms with Crippen molar-refractivity contribution >= 4 is 27.0 Å². The molecule has 0 unspecified atom stereocenters. The highest BCUT2D eigenvalue weighted by Gasteiger charge is 2.34. The van der Waals surface area contributed by atoms with E-state index in [4.69, 9.17) is 4.98 Å². The maximum Gasteiger partial charge on any atom is 0.254 e. The molecule has 0 bridgehead atoms. The van der Waals surface area contributed by atoms with E-state index in [2.05, 4.69) is 4.57 Å². The number of rotatable bonds is 6. The standard InChI is InChI=1S/C23H28N4O3S/c1-4-26(5-2)31(29,30)18-14-12-17(13-15-18)23(28)27-16-8-11-21(27)22-24-19-9-6-7-10-20(19)25(22)3/h6-7,9-10,12-15,21H,4-5,8,11,16H2,1-3H3/t21-/m1/s1. The van der Waals surface area contributed by atoms with Gasteiger partial charge in [0.2, 0.25) is 10.0 Å². The van der Waals surface area contributed by atoms with Crippen LogP contribution in [0.4, 0.5) is 0 Å². The Balaban J connectivity index is 1.61. The van der Waals surface area contributed by atoms with Crippen molar-refractivity contribution in [1.82, 2.24) is 18.8 Å². The van der Waals surface area contributed by atoms with Gasteiger partial charge in [-0.15, -0.1) is 0 Å². The number of aryl methyl sites for hydroxylation is 1. The number of amides is 1. The molecular formula is C23H28N4O3S. The minimum Gasteiger partial charge on any atom is -0.329 e. The number of likely N-dealkylation sites (tertiary alicyclic amines) is 1. The predicted octanol–water partition coefficient (Wildman–Crippen LogP) is 3.58. The normalized spacial score (nSPS) is 17.0.